The van der Waals surface area contributed by atoms with Crippen LogP contribution in [0.3, 0.4) is 0 Å². The van der Waals surface area contributed by atoms with Gasteiger partial charge < -0.3 is 5.32 Å². The molecule has 0 aromatic carbocycles. The highest BCUT2D eigenvalue weighted by molar-refractivity contribution is 7.89. The van der Waals surface area contributed by atoms with Crippen LogP contribution < -0.4 is 5.32 Å². The summed E-state index contributed by atoms with van der Waals surface area (Å²) in [5, 5.41) is 3.42. The molecule has 5 heteroatoms. The van der Waals surface area contributed by atoms with Gasteiger partial charge in [0.15, 0.2) is 0 Å². The number of nitrogens with one attached hydrogen (secondary N) is 1. The molecular weight excluding hydrogens is 272 g/mol. The van der Waals surface area contributed by atoms with Gasteiger partial charge in [-0.1, -0.05) is 20.8 Å². The van der Waals surface area contributed by atoms with Crippen LogP contribution in [0.5, 0.6) is 0 Å². The van der Waals surface area contributed by atoms with Crippen molar-refractivity contribution in [3.8, 4) is 0 Å². The third-order valence-corrected chi connectivity index (χ3v) is 6.05. The molecule has 1 saturated heterocycles. The molecule has 1 saturated carbocycles. The average Bonchev–Trinajstić information content (AvgIpc) is 3.00. The van der Waals surface area contributed by atoms with Gasteiger partial charge >= 0.3 is 0 Å². The second-order valence-electron chi connectivity index (χ2n) is 7.68. The summed E-state index contributed by atoms with van der Waals surface area (Å²) in [6, 6.07) is 0.359. The quantitative estimate of drug-likeness (QED) is 0.784. The summed E-state index contributed by atoms with van der Waals surface area (Å²) in [4.78, 5) is 0. The van der Waals surface area contributed by atoms with Crippen LogP contribution in [-0.4, -0.2) is 44.2 Å². The first-order chi connectivity index (χ1) is 9.26. The van der Waals surface area contributed by atoms with E-state index in [9.17, 15) is 8.42 Å². The van der Waals surface area contributed by atoms with E-state index >= 15 is 0 Å². The highest BCUT2D eigenvalue weighted by Crippen LogP contribution is 2.31. The Morgan fingerprint density at radius 1 is 1.15 bits per heavy atom. The first-order valence-corrected chi connectivity index (χ1v) is 9.58. The molecule has 2 fully saturated rings. The minimum absolute atomic E-state index is 0.0733. The van der Waals surface area contributed by atoms with E-state index in [1.807, 2.05) is 0 Å². The van der Waals surface area contributed by atoms with Crippen molar-refractivity contribution in [2.24, 2.45) is 11.3 Å². The fourth-order valence-electron chi connectivity index (χ4n) is 2.61. The Kier molecular flexibility index (Phi) is 5.14. The summed E-state index contributed by atoms with van der Waals surface area (Å²) in [6.07, 6.45) is 5.40. The maximum absolute atomic E-state index is 12.6. The Balaban J connectivity index is 1.95. The third kappa shape index (κ3) is 5.34. The van der Waals surface area contributed by atoms with Crippen LogP contribution in [0, 0.1) is 11.3 Å². The molecule has 0 amide bonds. The SMILES string of the molecule is CC(C)(C)CCS(=O)(=O)N(CC1CC1)CC1CCCN1. The lowest BCUT2D eigenvalue weighted by Gasteiger charge is -2.27. The molecule has 1 aliphatic heterocycles. The van der Waals surface area contributed by atoms with E-state index in [4.69, 9.17) is 0 Å². The predicted molar refractivity (Wildman–Crippen MR) is 83.2 cm³/mol. The van der Waals surface area contributed by atoms with E-state index in [1.54, 1.807) is 4.31 Å². The van der Waals surface area contributed by atoms with Crippen molar-refractivity contribution in [2.75, 3.05) is 25.4 Å². The lowest BCUT2D eigenvalue weighted by Crippen LogP contribution is -2.43. The number of hydrogen-bond acceptors (Lipinski definition) is 3. The predicted octanol–water partition coefficient (Wildman–Crippen LogP) is 2.22. The number of rotatable bonds is 7. The minimum Gasteiger partial charge on any atom is -0.313 e. The smallest absolute Gasteiger partial charge is 0.214 e. The molecule has 0 spiro atoms. The summed E-state index contributed by atoms with van der Waals surface area (Å²) in [6.45, 7) is 8.75. The fraction of sp³-hybridized carbons (Fsp3) is 1.00. The van der Waals surface area contributed by atoms with Crippen molar-refractivity contribution in [1.29, 1.82) is 0 Å². The van der Waals surface area contributed by atoms with Crippen molar-refractivity contribution >= 4 is 10.0 Å². The van der Waals surface area contributed by atoms with Crippen LogP contribution >= 0.6 is 0 Å². The van der Waals surface area contributed by atoms with E-state index in [-0.39, 0.29) is 11.2 Å². The van der Waals surface area contributed by atoms with Crippen molar-refractivity contribution in [1.82, 2.24) is 9.62 Å². The molecule has 1 N–H and O–H groups in total. The van der Waals surface area contributed by atoms with Gasteiger partial charge in [0.1, 0.15) is 0 Å². The van der Waals surface area contributed by atoms with E-state index in [0.717, 1.165) is 25.9 Å². The van der Waals surface area contributed by atoms with E-state index < -0.39 is 10.0 Å². The molecule has 1 atom stereocenters. The summed E-state index contributed by atoms with van der Waals surface area (Å²) >= 11 is 0. The Morgan fingerprint density at radius 3 is 2.35 bits per heavy atom. The first kappa shape index (κ1) is 16.2. The number of hydrogen-bond donors (Lipinski definition) is 1. The molecule has 2 aliphatic rings. The zero-order valence-corrected chi connectivity index (χ0v) is 14.0. The lowest BCUT2D eigenvalue weighted by atomic mass is 9.94. The highest BCUT2D eigenvalue weighted by Gasteiger charge is 2.33. The van der Waals surface area contributed by atoms with Crippen LogP contribution in [0.4, 0.5) is 0 Å². The van der Waals surface area contributed by atoms with E-state index in [2.05, 4.69) is 26.1 Å². The maximum Gasteiger partial charge on any atom is 0.214 e. The standard InChI is InChI=1S/C15H30N2O2S/c1-15(2,3)8-10-20(18,19)17(11-13-6-7-13)12-14-5-4-9-16-14/h13-14,16H,4-12H2,1-3H3. The molecule has 118 valence electrons. The molecule has 4 nitrogen and oxygen atoms in total. The highest BCUT2D eigenvalue weighted by atomic mass is 32.2. The molecule has 0 bridgehead atoms. The van der Waals surface area contributed by atoms with Crippen LogP contribution in [0.1, 0.15) is 52.9 Å². The maximum atomic E-state index is 12.6. The molecule has 1 aliphatic carbocycles. The second kappa shape index (κ2) is 6.32. The molecule has 1 heterocycles. The van der Waals surface area contributed by atoms with E-state index in [0.29, 0.717) is 18.5 Å². The van der Waals surface area contributed by atoms with Crippen LogP contribution in [0.15, 0.2) is 0 Å². The molecule has 0 aromatic heterocycles. The molecule has 0 aromatic rings. The van der Waals surface area contributed by atoms with Crippen LogP contribution in [-0.2, 0) is 10.0 Å². The Hall–Kier alpha value is -0.130. The zero-order chi connectivity index (χ0) is 14.8. The first-order valence-electron chi connectivity index (χ1n) is 7.97. The lowest BCUT2D eigenvalue weighted by molar-refractivity contribution is 0.348. The Bertz CT molecular complexity index is 404. The van der Waals surface area contributed by atoms with Gasteiger partial charge in [-0.05, 0) is 50.0 Å². The molecule has 2 rings (SSSR count). The van der Waals surface area contributed by atoms with Crippen LogP contribution in [0.25, 0.3) is 0 Å². The summed E-state index contributed by atoms with van der Waals surface area (Å²) in [5.74, 6) is 0.900. The van der Waals surface area contributed by atoms with Gasteiger partial charge in [0.05, 0.1) is 5.75 Å². The zero-order valence-electron chi connectivity index (χ0n) is 13.2. The molecular formula is C15H30N2O2S. The average molecular weight is 302 g/mol. The van der Waals surface area contributed by atoms with Crippen LogP contribution in [0.2, 0.25) is 0 Å². The van der Waals surface area contributed by atoms with Crippen molar-refractivity contribution in [2.45, 2.75) is 58.9 Å². The van der Waals surface area contributed by atoms with Gasteiger partial charge in [-0.2, -0.15) is 0 Å². The molecule has 0 radical (unpaired) electrons. The number of nitrogens with zero attached hydrogens (tertiary/aromatic N) is 1. The minimum atomic E-state index is -3.10. The Labute approximate surface area is 124 Å². The summed E-state index contributed by atoms with van der Waals surface area (Å²) in [5.41, 5.74) is 0.0733. The Morgan fingerprint density at radius 2 is 1.85 bits per heavy atom. The third-order valence-electron chi connectivity index (χ3n) is 4.25. The van der Waals surface area contributed by atoms with Crippen molar-refractivity contribution in [3.05, 3.63) is 0 Å². The van der Waals surface area contributed by atoms with Crippen molar-refractivity contribution in [3.63, 3.8) is 0 Å². The second-order valence-corrected chi connectivity index (χ2v) is 9.77. The largest absolute Gasteiger partial charge is 0.313 e. The van der Waals surface area contributed by atoms with Gasteiger partial charge in [0.2, 0.25) is 10.0 Å². The van der Waals surface area contributed by atoms with Gasteiger partial charge in [-0.25, -0.2) is 12.7 Å². The van der Waals surface area contributed by atoms with Gasteiger partial charge in [0, 0.05) is 19.1 Å². The summed E-state index contributed by atoms with van der Waals surface area (Å²) < 4.78 is 27.0. The fourth-order valence-corrected chi connectivity index (χ4v) is 4.59. The van der Waals surface area contributed by atoms with Gasteiger partial charge in [-0.3, -0.25) is 0 Å². The van der Waals surface area contributed by atoms with Gasteiger partial charge in [-0.15, -0.1) is 0 Å². The number of sulfonamides is 1. The topological polar surface area (TPSA) is 49.4 Å². The van der Waals surface area contributed by atoms with Crippen molar-refractivity contribution < 1.29 is 8.42 Å². The van der Waals surface area contributed by atoms with E-state index in [1.165, 1.54) is 19.3 Å². The molecule has 20 heavy (non-hydrogen) atoms. The monoisotopic (exact) mass is 302 g/mol. The normalized spacial score (nSPS) is 24.5. The molecule has 1 unspecified atom stereocenters. The summed E-state index contributed by atoms with van der Waals surface area (Å²) in [7, 11) is -3.10. The van der Waals surface area contributed by atoms with Gasteiger partial charge in [0.25, 0.3) is 0 Å².